The summed E-state index contributed by atoms with van der Waals surface area (Å²) in [5, 5.41) is 0. The fraction of sp³-hybridized carbons (Fsp3) is 0.316. The van der Waals surface area contributed by atoms with Crippen molar-refractivity contribution in [2.24, 2.45) is 0 Å². The molecule has 3 aliphatic heterocycles. The van der Waals surface area contributed by atoms with Crippen molar-refractivity contribution in [1.82, 2.24) is 0 Å². The minimum absolute atomic E-state index is 0. The lowest BCUT2D eigenvalue weighted by Gasteiger charge is -2.21. The van der Waals surface area contributed by atoms with E-state index >= 15 is 0 Å². The monoisotopic (exact) mass is 373 g/mol. The van der Waals surface area contributed by atoms with E-state index in [1.165, 1.54) is 6.07 Å². The second-order valence-electron chi connectivity index (χ2n) is 6.58. The molecule has 5 rings (SSSR count). The van der Waals surface area contributed by atoms with Crippen LogP contribution < -0.4 is 9.64 Å². The number of benzene rings is 2. The second-order valence-corrected chi connectivity index (χ2v) is 8.12. The van der Waals surface area contributed by atoms with Gasteiger partial charge in [0, 0.05) is 17.5 Å². The van der Waals surface area contributed by atoms with Gasteiger partial charge in [-0.2, -0.15) is 8.42 Å². The number of anilines is 1. The van der Waals surface area contributed by atoms with E-state index in [9.17, 15) is 13.2 Å². The Kier molecular flexibility index (Phi) is 3.65. The smallest absolute Gasteiger partial charge is 0.300 e. The number of ether oxygens (including phenoxy) is 1. The summed E-state index contributed by atoms with van der Waals surface area (Å²) >= 11 is 0. The molecule has 136 valence electrons. The van der Waals surface area contributed by atoms with Crippen LogP contribution in [-0.4, -0.2) is 20.6 Å². The van der Waals surface area contributed by atoms with Crippen LogP contribution >= 0.6 is 0 Å². The Labute approximate surface area is 152 Å². The summed E-state index contributed by atoms with van der Waals surface area (Å²) in [5.41, 5.74) is 4.08. The molecule has 0 aliphatic carbocycles. The van der Waals surface area contributed by atoms with Gasteiger partial charge in [-0.25, -0.2) is 4.18 Å². The molecule has 6 nitrogen and oxygen atoms in total. The van der Waals surface area contributed by atoms with Crippen LogP contribution in [0.5, 0.6) is 5.75 Å². The molecular formula is C19H19NO5S. The summed E-state index contributed by atoms with van der Waals surface area (Å²) in [6.45, 7) is 2.15. The third-order valence-corrected chi connectivity index (χ3v) is 6.36. The highest BCUT2D eigenvalue weighted by Gasteiger charge is 2.40. The third kappa shape index (κ3) is 2.27. The van der Waals surface area contributed by atoms with Gasteiger partial charge in [-0.05, 0) is 24.1 Å². The zero-order valence-electron chi connectivity index (χ0n) is 13.5. The number of amides is 1. The van der Waals surface area contributed by atoms with Crippen molar-refractivity contribution < 1.29 is 22.1 Å². The van der Waals surface area contributed by atoms with E-state index in [1.807, 2.05) is 13.0 Å². The molecule has 0 radical (unpaired) electrons. The largest absolute Gasteiger partial charge is 0.463 e. The Hall–Kier alpha value is -2.38. The van der Waals surface area contributed by atoms with Crippen LogP contribution in [0.3, 0.4) is 0 Å². The Morgan fingerprint density at radius 3 is 2.77 bits per heavy atom. The van der Waals surface area contributed by atoms with Crippen LogP contribution in [0.4, 0.5) is 5.69 Å². The topological polar surface area (TPSA) is 72.9 Å². The molecule has 2 aromatic carbocycles. The summed E-state index contributed by atoms with van der Waals surface area (Å²) in [4.78, 5) is 14.4. The van der Waals surface area contributed by atoms with Crippen molar-refractivity contribution in [2.75, 3.05) is 4.90 Å². The molecule has 7 heteroatoms. The number of hydrogen-bond acceptors (Lipinski definition) is 5. The molecule has 1 amide bonds. The first kappa shape index (κ1) is 17.1. The Balaban J connectivity index is 0.00000168. The van der Waals surface area contributed by atoms with Crippen LogP contribution in [0.25, 0.3) is 0 Å². The van der Waals surface area contributed by atoms with Gasteiger partial charge in [-0.1, -0.05) is 31.7 Å². The number of rotatable bonds is 0. The molecule has 0 N–H and O–H groups in total. The van der Waals surface area contributed by atoms with E-state index in [-0.39, 0.29) is 31.2 Å². The van der Waals surface area contributed by atoms with E-state index in [2.05, 4.69) is 0 Å². The summed E-state index contributed by atoms with van der Waals surface area (Å²) in [6.07, 6.45) is -0.291. The van der Waals surface area contributed by atoms with Gasteiger partial charge in [-0.15, -0.1) is 0 Å². The molecule has 1 unspecified atom stereocenters. The number of hydrogen-bond donors (Lipinski definition) is 0. The molecule has 1 atom stereocenters. The molecule has 0 aromatic heterocycles. The van der Waals surface area contributed by atoms with Gasteiger partial charge in [0.15, 0.2) is 0 Å². The van der Waals surface area contributed by atoms with Crippen LogP contribution in [0, 0.1) is 6.92 Å². The van der Waals surface area contributed by atoms with Crippen molar-refractivity contribution in [3.8, 4) is 5.75 Å². The summed E-state index contributed by atoms with van der Waals surface area (Å²) in [7, 11) is -3.99. The standard InChI is InChI=1S/C18H15NO5S.CH4/c1-10-6-12-7-16-23-18(12)13-8-15(20)19(17(10)13)9-11-4-2-3-5-14(11)25(21,22)24-16;/h2-6,16H,7-9H2,1H3;1H4. The number of carbonyl (C=O) groups excluding carboxylic acids is 1. The zero-order valence-corrected chi connectivity index (χ0v) is 14.3. The maximum Gasteiger partial charge on any atom is 0.300 e. The molecule has 5 bridgehead atoms. The number of carbonyl (C=O) groups is 1. The first-order valence-corrected chi connectivity index (χ1v) is 9.48. The zero-order chi connectivity index (χ0) is 17.3. The van der Waals surface area contributed by atoms with Gasteiger partial charge in [0.05, 0.1) is 23.5 Å². The number of aryl methyl sites for hydroxylation is 1. The summed E-state index contributed by atoms with van der Waals surface area (Å²) < 4.78 is 36.6. The minimum atomic E-state index is -3.99. The van der Waals surface area contributed by atoms with Crippen molar-refractivity contribution in [1.29, 1.82) is 0 Å². The first-order chi connectivity index (χ1) is 11.9. The Morgan fingerprint density at radius 1 is 1.19 bits per heavy atom. The van der Waals surface area contributed by atoms with Gasteiger partial charge >= 0.3 is 10.1 Å². The molecule has 0 saturated carbocycles. The van der Waals surface area contributed by atoms with E-state index in [0.29, 0.717) is 17.7 Å². The lowest BCUT2D eigenvalue weighted by atomic mass is 10.0. The van der Waals surface area contributed by atoms with Gasteiger partial charge in [-0.3, -0.25) is 4.79 Å². The van der Waals surface area contributed by atoms with Crippen LogP contribution in [0.2, 0.25) is 0 Å². The molecule has 26 heavy (non-hydrogen) atoms. The number of nitrogens with zero attached hydrogens (tertiary/aromatic N) is 1. The first-order valence-electron chi connectivity index (χ1n) is 8.07. The fourth-order valence-electron chi connectivity index (χ4n) is 3.96. The predicted molar refractivity (Wildman–Crippen MR) is 95.6 cm³/mol. The lowest BCUT2D eigenvalue weighted by Crippen LogP contribution is -2.28. The van der Waals surface area contributed by atoms with E-state index in [0.717, 1.165) is 22.4 Å². The maximum atomic E-state index is 12.7. The lowest BCUT2D eigenvalue weighted by molar-refractivity contribution is -0.117. The number of fused-ring (bicyclic) bond motifs is 2. The SMILES string of the molecule is C.Cc1cc2c3c4c1N(Cc1ccccc1S(=O)(=O)OC(C2)O3)C(=O)C4. The van der Waals surface area contributed by atoms with Crippen molar-refractivity contribution >= 4 is 21.7 Å². The second kappa shape index (κ2) is 5.56. The maximum absolute atomic E-state index is 12.7. The van der Waals surface area contributed by atoms with E-state index in [4.69, 9.17) is 8.92 Å². The molecule has 3 heterocycles. The van der Waals surface area contributed by atoms with Gasteiger partial charge < -0.3 is 9.64 Å². The minimum Gasteiger partial charge on any atom is -0.463 e. The van der Waals surface area contributed by atoms with Gasteiger partial charge in [0.2, 0.25) is 12.2 Å². The average Bonchev–Trinajstić information content (AvgIpc) is 3.08. The Morgan fingerprint density at radius 2 is 1.96 bits per heavy atom. The van der Waals surface area contributed by atoms with Gasteiger partial charge in [0.25, 0.3) is 0 Å². The van der Waals surface area contributed by atoms with Crippen LogP contribution in [0.15, 0.2) is 35.2 Å². The molecule has 3 aliphatic rings. The molecule has 0 spiro atoms. The molecular weight excluding hydrogens is 354 g/mol. The van der Waals surface area contributed by atoms with Crippen LogP contribution in [-0.2, 0) is 38.5 Å². The van der Waals surface area contributed by atoms with Crippen molar-refractivity contribution in [3.63, 3.8) is 0 Å². The van der Waals surface area contributed by atoms with Gasteiger partial charge in [0.1, 0.15) is 5.75 Å². The highest BCUT2D eigenvalue weighted by Crippen LogP contribution is 2.46. The predicted octanol–water partition coefficient (Wildman–Crippen LogP) is 2.70. The van der Waals surface area contributed by atoms with E-state index < -0.39 is 16.4 Å². The summed E-state index contributed by atoms with van der Waals surface area (Å²) in [5.74, 6) is 0.551. The fourth-order valence-corrected chi connectivity index (χ4v) is 5.15. The highest BCUT2D eigenvalue weighted by atomic mass is 32.2. The quantitative estimate of drug-likeness (QED) is 0.664. The Bertz CT molecular complexity index is 1040. The molecule has 2 aromatic rings. The molecule has 0 saturated heterocycles. The average molecular weight is 373 g/mol. The summed E-state index contributed by atoms with van der Waals surface area (Å²) in [6, 6.07) is 8.59. The molecule has 0 fully saturated rings. The highest BCUT2D eigenvalue weighted by molar-refractivity contribution is 7.86. The van der Waals surface area contributed by atoms with E-state index in [1.54, 1.807) is 23.1 Å². The van der Waals surface area contributed by atoms with Crippen LogP contribution in [0.1, 0.15) is 29.7 Å². The van der Waals surface area contributed by atoms with Crippen molar-refractivity contribution in [2.45, 2.75) is 44.9 Å². The van der Waals surface area contributed by atoms with Crippen molar-refractivity contribution in [3.05, 3.63) is 52.6 Å². The normalized spacial score (nSPS) is 21.7. The third-order valence-electron chi connectivity index (χ3n) is 4.96.